The third-order valence-corrected chi connectivity index (χ3v) is 3.60. The van der Waals surface area contributed by atoms with E-state index in [1.807, 2.05) is 60.8 Å². The first kappa shape index (κ1) is 12.5. The SMILES string of the molecule is N#CC(N)(Cc1ccccc1)c1c[nH]c2ccccc12. The van der Waals surface area contributed by atoms with Gasteiger partial charge < -0.3 is 10.7 Å². The molecule has 0 saturated carbocycles. The van der Waals surface area contributed by atoms with Gasteiger partial charge in [0.05, 0.1) is 6.07 Å². The van der Waals surface area contributed by atoms with Gasteiger partial charge in [-0.25, -0.2) is 0 Å². The van der Waals surface area contributed by atoms with Crippen molar-refractivity contribution in [2.45, 2.75) is 12.0 Å². The molecule has 2 aromatic carbocycles. The minimum absolute atomic E-state index is 0.492. The van der Waals surface area contributed by atoms with Crippen molar-refractivity contribution in [3.05, 3.63) is 71.9 Å². The summed E-state index contributed by atoms with van der Waals surface area (Å²) in [4.78, 5) is 3.18. The van der Waals surface area contributed by atoms with Crippen LogP contribution in [-0.4, -0.2) is 4.98 Å². The average Bonchev–Trinajstić information content (AvgIpc) is 2.93. The summed E-state index contributed by atoms with van der Waals surface area (Å²) in [5.74, 6) is 0. The van der Waals surface area contributed by atoms with Crippen molar-refractivity contribution in [2.75, 3.05) is 0 Å². The van der Waals surface area contributed by atoms with Gasteiger partial charge in [0.2, 0.25) is 0 Å². The Hall–Kier alpha value is -2.57. The highest BCUT2D eigenvalue weighted by molar-refractivity contribution is 5.84. The molecule has 0 aliphatic rings. The van der Waals surface area contributed by atoms with Gasteiger partial charge in [-0.1, -0.05) is 48.5 Å². The van der Waals surface area contributed by atoms with Crippen LogP contribution in [0.3, 0.4) is 0 Å². The average molecular weight is 261 g/mol. The molecule has 0 bridgehead atoms. The van der Waals surface area contributed by atoms with Crippen LogP contribution in [0.5, 0.6) is 0 Å². The number of aromatic nitrogens is 1. The van der Waals surface area contributed by atoms with Crippen molar-refractivity contribution in [2.24, 2.45) is 5.73 Å². The quantitative estimate of drug-likeness (QED) is 0.761. The standard InChI is InChI=1S/C17H15N3/c18-12-17(19,10-13-6-2-1-3-7-13)15-11-20-16-9-5-4-8-14(15)16/h1-9,11,20H,10,19H2. The fourth-order valence-electron chi connectivity index (χ4n) is 2.55. The van der Waals surface area contributed by atoms with E-state index >= 15 is 0 Å². The summed E-state index contributed by atoms with van der Waals surface area (Å²) < 4.78 is 0. The van der Waals surface area contributed by atoms with Crippen molar-refractivity contribution in [1.29, 1.82) is 5.26 Å². The van der Waals surface area contributed by atoms with E-state index in [-0.39, 0.29) is 0 Å². The predicted molar refractivity (Wildman–Crippen MR) is 79.9 cm³/mol. The van der Waals surface area contributed by atoms with Gasteiger partial charge in [0.1, 0.15) is 5.54 Å². The Labute approximate surface area is 117 Å². The fourth-order valence-corrected chi connectivity index (χ4v) is 2.55. The molecular weight excluding hydrogens is 246 g/mol. The molecule has 0 saturated heterocycles. The third kappa shape index (κ3) is 2.07. The number of hydrogen-bond donors (Lipinski definition) is 2. The van der Waals surface area contributed by atoms with Crippen molar-refractivity contribution in [3.63, 3.8) is 0 Å². The van der Waals surface area contributed by atoms with Crippen LogP contribution in [-0.2, 0) is 12.0 Å². The lowest BCUT2D eigenvalue weighted by Crippen LogP contribution is -2.37. The smallest absolute Gasteiger partial charge is 0.135 e. The highest BCUT2D eigenvalue weighted by atomic mass is 14.8. The van der Waals surface area contributed by atoms with E-state index in [2.05, 4.69) is 11.1 Å². The lowest BCUT2D eigenvalue weighted by molar-refractivity contribution is 0.577. The van der Waals surface area contributed by atoms with Crippen LogP contribution >= 0.6 is 0 Å². The molecule has 3 aromatic rings. The molecule has 98 valence electrons. The molecular formula is C17H15N3. The first-order valence-corrected chi connectivity index (χ1v) is 6.53. The van der Waals surface area contributed by atoms with Crippen molar-refractivity contribution < 1.29 is 0 Å². The molecule has 20 heavy (non-hydrogen) atoms. The highest BCUT2D eigenvalue weighted by Gasteiger charge is 2.30. The van der Waals surface area contributed by atoms with Crippen LogP contribution in [0.2, 0.25) is 0 Å². The first-order chi connectivity index (χ1) is 9.73. The maximum atomic E-state index is 9.59. The minimum Gasteiger partial charge on any atom is -0.361 e. The van der Waals surface area contributed by atoms with Crippen LogP contribution < -0.4 is 5.73 Å². The van der Waals surface area contributed by atoms with E-state index in [9.17, 15) is 5.26 Å². The van der Waals surface area contributed by atoms with E-state index in [0.717, 1.165) is 22.0 Å². The molecule has 3 nitrogen and oxygen atoms in total. The Morgan fingerprint density at radius 2 is 1.75 bits per heavy atom. The first-order valence-electron chi connectivity index (χ1n) is 6.53. The zero-order valence-electron chi connectivity index (χ0n) is 11.0. The van der Waals surface area contributed by atoms with E-state index in [1.165, 1.54) is 0 Å². The fraction of sp³-hybridized carbons (Fsp3) is 0.118. The van der Waals surface area contributed by atoms with Crippen LogP contribution in [0, 0.1) is 11.3 Å². The molecule has 0 aliphatic carbocycles. The normalized spacial score (nSPS) is 13.8. The van der Waals surface area contributed by atoms with E-state index in [1.54, 1.807) is 0 Å². The molecule has 0 aliphatic heterocycles. The van der Waals surface area contributed by atoms with Crippen LogP contribution in [0.1, 0.15) is 11.1 Å². The number of benzene rings is 2. The maximum Gasteiger partial charge on any atom is 0.135 e. The molecule has 0 spiro atoms. The summed E-state index contributed by atoms with van der Waals surface area (Å²) >= 11 is 0. The summed E-state index contributed by atoms with van der Waals surface area (Å²) in [5, 5.41) is 10.6. The number of nitrogens with zero attached hydrogens (tertiary/aromatic N) is 1. The Morgan fingerprint density at radius 1 is 1.05 bits per heavy atom. The van der Waals surface area contributed by atoms with Gasteiger partial charge in [-0.05, 0) is 11.6 Å². The molecule has 1 aromatic heterocycles. The number of aromatic amines is 1. The number of nitrogens with two attached hydrogens (primary N) is 1. The predicted octanol–water partition coefficient (Wildman–Crippen LogP) is 3.09. The largest absolute Gasteiger partial charge is 0.361 e. The second-order valence-electron chi connectivity index (χ2n) is 4.99. The lowest BCUT2D eigenvalue weighted by Gasteiger charge is -2.21. The Bertz CT molecular complexity index is 768. The summed E-state index contributed by atoms with van der Waals surface area (Å²) in [5.41, 5.74) is 8.26. The number of rotatable bonds is 3. The number of para-hydroxylation sites is 1. The molecule has 0 amide bonds. The van der Waals surface area contributed by atoms with Crippen LogP contribution in [0.25, 0.3) is 10.9 Å². The van der Waals surface area contributed by atoms with Gasteiger partial charge in [-0.2, -0.15) is 5.26 Å². The molecule has 3 N–H and O–H groups in total. The molecule has 1 heterocycles. The number of H-pyrrole nitrogens is 1. The van der Waals surface area contributed by atoms with Gasteiger partial charge in [-0.3, -0.25) is 0 Å². The Morgan fingerprint density at radius 3 is 2.50 bits per heavy atom. The summed E-state index contributed by atoms with van der Waals surface area (Å²) in [6.45, 7) is 0. The minimum atomic E-state index is -1.03. The molecule has 3 rings (SSSR count). The van der Waals surface area contributed by atoms with E-state index < -0.39 is 5.54 Å². The molecule has 3 heteroatoms. The molecule has 0 fully saturated rings. The van der Waals surface area contributed by atoms with Crippen molar-refractivity contribution in [1.82, 2.24) is 4.98 Å². The van der Waals surface area contributed by atoms with Crippen molar-refractivity contribution >= 4 is 10.9 Å². The monoisotopic (exact) mass is 261 g/mol. The molecule has 1 unspecified atom stereocenters. The number of nitriles is 1. The summed E-state index contributed by atoms with van der Waals surface area (Å²) in [7, 11) is 0. The third-order valence-electron chi connectivity index (χ3n) is 3.60. The molecule has 1 atom stereocenters. The summed E-state index contributed by atoms with van der Waals surface area (Å²) in [6, 6.07) is 20.0. The number of nitrogens with one attached hydrogen (secondary N) is 1. The van der Waals surface area contributed by atoms with E-state index in [4.69, 9.17) is 5.73 Å². The topological polar surface area (TPSA) is 65.6 Å². The second kappa shape index (κ2) is 4.84. The maximum absolute atomic E-state index is 9.59. The lowest BCUT2D eigenvalue weighted by atomic mass is 9.86. The zero-order chi connectivity index (χ0) is 14.0. The van der Waals surface area contributed by atoms with Crippen LogP contribution in [0.15, 0.2) is 60.8 Å². The van der Waals surface area contributed by atoms with Gasteiger partial charge in [0.15, 0.2) is 0 Å². The van der Waals surface area contributed by atoms with Crippen LogP contribution in [0.4, 0.5) is 0 Å². The van der Waals surface area contributed by atoms with Gasteiger partial charge >= 0.3 is 0 Å². The number of fused-ring (bicyclic) bond motifs is 1. The van der Waals surface area contributed by atoms with Gasteiger partial charge in [0, 0.05) is 29.1 Å². The highest BCUT2D eigenvalue weighted by Crippen LogP contribution is 2.29. The Balaban J connectivity index is 2.07. The second-order valence-corrected chi connectivity index (χ2v) is 4.99. The number of hydrogen-bond acceptors (Lipinski definition) is 2. The Kier molecular flexibility index (Phi) is 3.02. The van der Waals surface area contributed by atoms with Gasteiger partial charge in [-0.15, -0.1) is 0 Å². The van der Waals surface area contributed by atoms with Gasteiger partial charge in [0.25, 0.3) is 0 Å². The summed E-state index contributed by atoms with van der Waals surface area (Å²) in [6.07, 6.45) is 2.34. The molecule has 0 radical (unpaired) electrons. The zero-order valence-corrected chi connectivity index (χ0v) is 11.0. The van der Waals surface area contributed by atoms with E-state index in [0.29, 0.717) is 6.42 Å². The van der Waals surface area contributed by atoms with Crippen molar-refractivity contribution in [3.8, 4) is 6.07 Å².